The molecule has 0 radical (unpaired) electrons. The molecule has 25 heavy (non-hydrogen) atoms. The van der Waals surface area contributed by atoms with Gasteiger partial charge in [-0.15, -0.1) is 0 Å². The molecule has 0 bridgehead atoms. The van der Waals surface area contributed by atoms with Crippen LogP contribution < -0.4 is 0 Å². The van der Waals surface area contributed by atoms with E-state index in [1.54, 1.807) is 0 Å². The number of hydrogen-bond donors (Lipinski definition) is 0. The van der Waals surface area contributed by atoms with Crippen LogP contribution in [0.15, 0.2) is 53.8 Å². The monoisotopic (exact) mass is 329 g/mol. The van der Waals surface area contributed by atoms with E-state index in [2.05, 4.69) is 56.2 Å². The molecule has 126 valence electrons. The molecule has 0 fully saturated rings. The molecule has 0 amide bonds. The van der Waals surface area contributed by atoms with Crippen LogP contribution in [0.3, 0.4) is 0 Å². The summed E-state index contributed by atoms with van der Waals surface area (Å²) in [6, 6.07) is 13.1. The highest BCUT2D eigenvalue weighted by Crippen LogP contribution is 2.30. The predicted molar refractivity (Wildman–Crippen MR) is 102 cm³/mol. The molecule has 3 nitrogen and oxygen atoms in total. The second kappa shape index (κ2) is 6.32. The summed E-state index contributed by atoms with van der Waals surface area (Å²) in [7, 11) is 0. The highest BCUT2D eigenvalue weighted by Gasteiger charge is 2.23. The number of benzene rings is 2. The van der Waals surface area contributed by atoms with E-state index in [0.29, 0.717) is 0 Å². The van der Waals surface area contributed by atoms with Crippen LogP contribution in [0.4, 0.5) is 0 Å². The second-order valence-corrected chi connectivity index (χ2v) is 6.78. The lowest BCUT2D eigenvalue weighted by Crippen LogP contribution is -2.10. The summed E-state index contributed by atoms with van der Waals surface area (Å²) in [6.45, 7) is 8.19. The fourth-order valence-electron chi connectivity index (χ4n) is 3.89. The normalized spacial score (nSPS) is 13.0. The van der Waals surface area contributed by atoms with E-state index in [-0.39, 0.29) is 0 Å². The number of fused-ring (bicyclic) bond motifs is 1. The highest BCUT2D eigenvalue weighted by atomic mass is 15.3. The van der Waals surface area contributed by atoms with Gasteiger partial charge in [0, 0.05) is 23.5 Å². The summed E-state index contributed by atoms with van der Waals surface area (Å²) < 4.78 is 1.97. The van der Waals surface area contributed by atoms with Crippen molar-refractivity contribution in [2.75, 3.05) is 0 Å². The summed E-state index contributed by atoms with van der Waals surface area (Å²) in [5, 5.41) is 4.32. The lowest BCUT2D eigenvalue weighted by molar-refractivity contribution is 0.686. The Hall–Kier alpha value is -2.68. The van der Waals surface area contributed by atoms with Crippen LogP contribution in [0, 0.1) is 13.8 Å². The minimum atomic E-state index is 0.774. The third-order valence-electron chi connectivity index (χ3n) is 5.00. The zero-order chi connectivity index (χ0) is 17.4. The van der Waals surface area contributed by atoms with E-state index in [9.17, 15) is 0 Å². The predicted octanol–water partition coefficient (Wildman–Crippen LogP) is 4.46. The van der Waals surface area contributed by atoms with Crippen LogP contribution in [0.1, 0.15) is 45.9 Å². The summed E-state index contributed by atoms with van der Waals surface area (Å²) in [5.41, 5.74) is 10.5. The van der Waals surface area contributed by atoms with Gasteiger partial charge in [0.25, 0.3) is 0 Å². The molecule has 2 aromatic carbocycles. The van der Waals surface area contributed by atoms with Crippen molar-refractivity contribution in [3.63, 3.8) is 0 Å². The Bertz CT molecular complexity index is 950. The fraction of sp³-hybridized carbons (Fsp3) is 0.273. The maximum absolute atomic E-state index is 4.94. The zero-order valence-corrected chi connectivity index (χ0v) is 15.1. The molecule has 0 saturated heterocycles. The standard InChI is InChI=1S/C22H23N3/c1-4-18-8-5-7-15(2)20(18)22-21-16(3)11-17(12-19(21)13-23-22)14-25-10-6-9-24-25/h5-12H,4,13-14H2,1-3H3. The zero-order valence-electron chi connectivity index (χ0n) is 15.1. The fourth-order valence-corrected chi connectivity index (χ4v) is 3.89. The van der Waals surface area contributed by atoms with Crippen LogP contribution in [0.5, 0.6) is 0 Å². The van der Waals surface area contributed by atoms with E-state index in [1.807, 2.05) is 23.1 Å². The molecule has 2 heterocycles. The van der Waals surface area contributed by atoms with Crippen LogP contribution >= 0.6 is 0 Å². The topological polar surface area (TPSA) is 30.2 Å². The first-order valence-electron chi connectivity index (χ1n) is 8.91. The SMILES string of the molecule is CCc1cccc(C)c1C1=NCc2cc(Cn3cccn3)cc(C)c21. The summed E-state index contributed by atoms with van der Waals surface area (Å²) in [4.78, 5) is 4.94. The molecule has 1 aromatic heterocycles. The van der Waals surface area contributed by atoms with Gasteiger partial charge in [-0.25, -0.2) is 0 Å². The van der Waals surface area contributed by atoms with Crippen molar-refractivity contribution in [3.8, 4) is 0 Å². The molecule has 0 atom stereocenters. The average molecular weight is 329 g/mol. The number of aryl methyl sites for hydroxylation is 3. The van der Waals surface area contributed by atoms with Gasteiger partial charge in [-0.1, -0.05) is 37.3 Å². The van der Waals surface area contributed by atoms with Crippen molar-refractivity contribution < 1.29 is 0 Å². The van der Waals surface area contributed by atoms with Gasteiger partial charge in [0.1, 0.15) is 0 Å². The van der Waals surface area contributed by atoms with Crippen LogP contribution in [0.25, 0.3) is 0 Å². The smallest absolute Gasteiger partial charge is 0.0734 e. The molecule has 4 rings (SSSR count). The number of rotatable bonds is 4. The van der Waals surface area contributed by atoms with Gasteiger partial charge in [-0.05, 0) is 54.2 Å². The van der Waals surface area contributed by atoms with Gasteiger partial charge in [-0.3, -0.25) is 9.67 Å². The van der Waals surface area contributed by atoms with Crippen molar-refractivity contribution in [1.82, 2.24) is 9.78 Å². The largest absolute Gasteiger partial charge is 0.279 e. The lowest BCUT2D eigenvalue weighted by atomic mass is 9.89. The maximum Gasteiger partial charge on any atom is 0.0734 e. The van der Waals surface area contributed by atoms with Crippen molar-refractivity contribution in [1.29, 1.82) is 0 Å². The quantitative estimate of drug-likeness (QED) is 0.695. The molecule has 0 spiro atoms. The minimum absolute atomic E-state index is 0.774. The molecule has 0 unspecified atom stereocenters. The van der Waals surface area contributed by atoms with E-state index in [1.165, 1.54) is 44.7 Å². The van der Waals surface area contributed by atoms with Crippen LogP contribution in [0.2, 0.25) is 0 Å². The Morgan fingerprint density at radius 1 is 1.04 bits per heavy atom. The highest BCUT2D eigenvalue weighted by molar-refractivity contribution is 6.17. The van der Waals surface area contributed by atoms with Gasteiger partial charge in [0.2, 0.25) is 0 Å². The van der Waals surface area contributed by atoms with Gasteiger partial charge in [0.15, 0.2) is 0 Å². The van der Waals surface area contributed by atoms with Crippen LogP contribution in [-0.4, -0.2) is 15.5 Å². The first-order valence-corrected chi connectivity index (χ1v) is 8.91. The summed E-state index contributed by atoms with van der Waals surface area (Å²) >= 11 is 0. The molecular formula is C22H23N3. The van der Waals surface area contributed by atoms with Gasteiger partial charge in [-0.2, -0.15) is 5.10 Å². The maximum atomic E-state index is 4.94. The first kappa shape index (κ1) is 15.8. The Labute approximate surface area is 149 Å². The van der Waals surface area contributed by atoms with Crippen molar-refractivity contribution >= 4 is 5.71 Å². The summed E-state index contributed by atoms with van der Waals surface area (Å²) in [6.07, 6.45) is 4.86. The van der Waals surface area contributed by atoms with Crippen LogP contribution in [-0.2, 0) is 19.5 Å². The minimum Gasteiger partial charge on any atom is -0.279 e. The molecule has 0 aliphatic carbocycles. The van der Waals surface area contributed by atoms with E-state index < -0.39 is 0 Å². The average Bonchev–Trinajstić information content (AvgIpc) is 3.24. The van der Waals surface area contributed by atoms with E-state index >= 15 is 0 Å². The Kier molecular flexibility index (Phi) is 4.00. The molecular weight excluding hydrogens is 306 g/mol. The van der Waals surface area contributed by atoms with Crippen molar-refractivity contribution in [3.05, 3.63) is 87.7 Å². The number of nitrogens with zero attached hydrogens (tertiary/aromatic N) is 3. The lowest BCUT2D eigenvalue weighted by Gasteiger charge is -2.15. The Balaban J connectivity index is 1.76. The second-order valence-electron chi connectivity index (χ2n) is 6.78. The third-order valence-corrected chi connectivity index (χ3v) is 5.00. The summed E-state index contributed by atoms with van der Waals surface area (Å²) in [5.74, 6) is 0. The Morgan fingerprint density at radius 2 is 1.92 bits per heavy atom. The molecule has 3 heteroatoms. The molecule has 3 aromatic rings. The van der Waals surface area contributed by atoms with Crippen molar-refractivity contribution in [2.45, 2.75) is 40.3 Å². The first-order chi connectivity index (χ1) is 12.2. The van der Waals surface area contributed by atoms with Gasteiger partial charge >= 0.3 is 0 Å². The number of aromatic nitrogens is 2. The van der Waals surface area contributed by atoms with E-state index in [4.69, 9.17) is 4.99 Å². The number of hydrogen-bond acceptors (Lipinski definition) is 2. The van der Waals surface area contributed by atoms with Crippen molar-refractivity contribution in [2.24, 2.45) is 4.99 Å². The van der Waals surface area contributed by atoms with Gasteiger partial charge in [0.05, 0.1) is 18.8 Å². The third kappa shape index (κ3) is 2.80. The van der Waals surface area contributed by atoms with E-state index in [0.717, 1.165) is 19.5 Å². The molecule has 0 saturated carbocycles. The molecule has 1 aliphatic heterocycles. The van der Waals surface area contributed by atoms with Gasteiger partial charge < -0.3 is 0 Å². The molecule has 0 N–H and O–H groups in total. The number of aliphatic imine (C=N–C) groups is 1. The Morgan fingerprint density at radius 3 is 2.68 bits per heavy atom. The molecule has 1 aliphatic rings.